The monoisotopic (exact) mass is 574 g/mol. The molecule has 0 aliphatic rings. The van der Waals surface area contributed by atoms with Crippen LogP contribution in [-0.2, 0) is 9.53 Å². The summed E-state index contributed by atoms with van der Waals surface area (Å²) in [4.78, 5) is 25.7. The number of rotatable bonds is 5. The summed E-state index contributed by atoms with van der Waals surface area (Å²) in [6.07, 6.45) is 1.30. The second-order valence-corrected chi connectivity index (χ2v) is 8.96. The molecule has 0 spiro atoms. The van der Waals surface area contributed by atoms with Crippen molar-refractivity contribution < 1.29 is 19.4 Å². The topological polar surface area (TPSA) is 99.4 Å². The largest absolute Gasteiger partial charge is 0.506 e. The molecule has 0 bridgehead atoms. The molecule has 0 saturated carbocycles. The third-order valence-corrected chi connectivity index (χ3v) is 6.22. The highest BCUT2D eigenvalue weighted by Gasteiger charge is 2.23. The predicted octanol–water partition coefficient (Wildman–Crippen LogP) is 5.16. The van der Waals surface area contributed by atoms with Gasteiger partial charge in [-0.05, 0) is 67.1 Å². The van der Waals surface area contributed by atoms with E-state index in [-0.39, 0.29) is 23.5 Å². The van der Waals surface area contributed by atoms with Gasteiger partial charge in [0.2, 0.25) is 0 Å². The number of phenols is 1. The van der Waals surface area contributed by atoms with Crippen LogP contribution in [0.3, 0.4) is 0 Å². The van der Waals surface area contributed by atoms with Gasteiger partial charge in [0.1, 0.15) is 22.4 Å². The summed E-state index contributed by atoms with van der Waals surface area (Å²) in [6, 6.07) is 5.15. The fourth-order valence-electron chi connectivity index (χ4n) is 2.33. The lowest BCUT2D eigenvalue weighted by Crippen LogP contribution is -2.16. The second-order valence-electron chi connectivity index (χ2n) is 5.66. The van der Waals surface area contributed by atoms with E-state index < -0.39 is 11.9 Å². The molecule has 0 unspecified atom stereocenters. The number of nitrogens with one attached hydrogen (secondary N) is 1. The molecule has 0 saturated heterocycles. The molecule has 0 aliphatic carbocycles. The van der Waals surface area contributed by atoms with Crippen LogP contribution >= 0.6 is 49.9 Å². The van der Waals surface area contributed by atoms with Crippen molar-refractivity contribution >= 4 is 72.8 Å². The number of carbonyl (C=O) groups excluding carboxylic acids is 2. The van der Waals surface area contributed by atoms with Gasteiger partial charge >= 0.3 is 5.97 Å². The Bertz CT molecular complexity index is 1020. The zero-order valence-electron chi connectivity index (χ0n) is 15.2. The normalized spacial score (nSPS) is 11.1. The molecular weight excluding hydrogens is 559 g/mol. The van der Waals surface area contributed by atoms with Crippen LogP contribution in [0.25, 0.3) is 6.08 Å². The fraction of sp³-hybridized carbons (Fsp3) is 0.211. The number of hydrogen-bond donors (Lipinski definition) is 2. The molecule has 0 aliphatic heterocycles. The molecule has 146 valence electrons. The summed E-state index contributed by atoms with van der Waals surface area (Å²) in [7, 11) is 0. The first-order valence-corrected chi connectivity index (χ1v) is 10.8. The molecule has 0 fully saturated rings. The van der Waals surface area contributed by atoms with Crippen molar-refractivity contribution in [2.45, 2.75) is 20.8 Å². The first kappa shape index (κ1) is 22.4. The number of esters is 1. The summed E-state index contributed by atoms with van der Waals surface area (Å²) in [5.74, 6) is -1.23. The van der Waals surface area contributed by atoms with Crippen LogP contribution in [0.2, 0.25) is 0 Å². The van der Waals surface area contributed by atoms with E-state index in [9.17, 15) is 20.0 Å². The van der Waals surface area contributed by atoms with Gasteiger partial charge in [0.05, 0.1) is 15.7 Å². The third-order valence-electron chi connectivity index (χ3n) is 3.81. The second kappa shape index (κ2) is 9.54. The van der Waals surface area contributed by atoms with Gasteiger partial charge in [-0.1, -0.05) is 15.9 Å². The van der Waals surface area contributed by atoms with Crippen LogP contribution in [0.15, 0.2) is 22.2 Å². The Hall–Kier alpha value is -1.90. The highest BCUT2D eigenvalue weighted by molar-refractivity contribution is 14.1. The maximum atomic E-state index is 12.6. The number of nitrogens with zero attached hydrogens (tertiary/aromatic N) is 1. The van der Waals surface area contributed by atoms with Gasteiger partial charge in [-0.25, -0.2) is 4.79 Å². The SMILES string of the molecule is CCOC(=O)c1c(NC(=O)/C(C#N)=C/c2cc(Br)cc(I)c2O)sc(C)c1C. The van der Waals surface area contributed by atoms with Gasteiger partial charge in [-0.2, -0.15) is 5.26 Å². The molecule has 1 heterocycles. The van der Waals surface area contributed by atoms with Crippen molar-refractivity contribution in [1.29, 1.82) is 5.26 Å². The Kier molecular flexibility index (Phi) is 7.63. The Morgan fingerprint density at radius 2 is 2.11 bits per heavy atom. The van der Waals surface area contributed by atoms with E-state index >= 15 is 0 Å². The van der Waals surface area contributed by atoms with E-state index in [1.807, 2.05) is 35.6 Å². The number of aromatic hydroxyl groups is 1. The number of benzene rings is 1. The number of hydrogen-bond acceptors (Lipinski definition) is 6. The number of thiophene rings is 1. The molecule has 1 aromatic heterocycles. The van der Waals surface area contributed by atoms with Crippen LogP contribution in [-0.4, -0.2) is 23.6 Å². The summed E-state index contributed by atoms with van der Waals surface area (Å²) in [5, 5.41) is 22.6. The number of carbonyl (C=O) groups is 2. The van der Waals surface area contributed by atoms with Crippen LogP contribution in [0.1, 0.15) is 33.3 Å². The van der Waals surface area contributed by atoms with Crippen molar-refractivity contribution in [2.24, 2.45) is 0 Å². The van der Waals surface area contributed by atoms with E-state index in [4.69, 9.17) is 4.74 Å². The van der Waals surface area contributed by atoms with Gasteiger partial charge in [0.15, 0.2) is 0 Å². The molecule has 0 atom stereocenters. The maximum Gasteiger partial charge on any atom is 0.341 e. The van der Waals surface area contributed by atoms with Crippen molar-refractivity contribution in [3.63, 3.8) is 0 Å². The van der Waals surface area contributed by atoms with E-state index in [0.717, 1.165) is 10.4 Å². The van der Waals surface area contributed by atoms with Gasteiger partial charge in [-0.15, -0.1) is 11.3 Å². The van der Waals surface area contributed by atoms with E-state index in [0.29, 0.717) is 18.6 Å². The first-order valence-electron chi connectivity index (χ1n) is 8.07. The molecule has 2 rings (SSSR count). The highest BCUT2D eigenvalue weighted by atomic mass is 127. The van der Waals surface area contributed by atoms with E-state index in [1.165, 1.54) is 17.4 Å². The summed E-state index contributed by atoms with van der Waals surface area (Å²) in [5.41, 5.74) is 1.13. The van der Waals surface area contributed by atoms with Crippen molar-refractivity contribution in [3.05, 3.63) is 47.3 Å². The van der Waals surface area contributed by atoms with Gasteiger partial charge < -0.3 is 15.2 Å². The van der Waals surface area contributed by atoms with Crippen LogP contribution in [0.5, 0.6) is 5.75 Å². The summed E-state index contributed by atoms with van der Waals surface area (Å²) in [6.45, 7) is 5.52. The Morgan fingerprint density at radius 1 is 1.43 bits per heavy atom. The molecule has 6 nitrogen and oxygen atoms in total. The third kappa shape index (κ3) is 4.92. The fourth-order valence-corrected chi connectivity index (χ4v) is 4.93. The molecule has 28 heavy (non-hydrogen) atoms. The zero-order chi connectivity index (χ0) is 21.0. The standard InChI is InChI=1S/C19H16BrIN2O4S/c1-4-27-19(26)15-9(2)10(3)28-18(15)23-17(25)12(8-22)5-11-6-13(20)7-14(21)16(11)24/h5-7,24H,4H2,1-3H3,(H,23,25)/b12-5+. The van der Waals surface area contributed by atoms with Crippen LogP contribution in [0, 0.1) is 28.7 Å². The minimum absolute atomic E-state index is 0.0284. The lowest BCUT2D eigenvalue weighted by atomic mass is 10.1. The van der Waals surface area contributed by atoms with Crippen molar-refractivity contribution in [3.8, 4) is 11.8 Å². The lowest BCUT2D eigenvalue weighted by molar-refractivity contribution is -0.112. The van der Waals surface area contributed by atoms with Gasteiger partial charge in [-0.3, -0.25) is 4.79 Å². The van der Waals surface area contributed by atoms with Crippen molar-refractivity contribution in [2.75, 3.05) is 11.9 Å². The minimum atomic E-state index is -0.677. The van der Waals surface area contributed by atoms with Crippen LogP contribution < -0.4 is 5.32 Å². The smallest absolute Gasteiger partial charge is 0.341 e. The average Bonchev–Trinajstić information content (AvgIpc) is 2.90. The van der Waals surface area contributed by atoms with Gasteiger partial charge in [0.25, 0.3) is 5.91 Å². The Balaban J connectivity index is 2.40. The molecular formula is C19H16BrIN2O4S. The predicted molar refractivity (Wildman–Crippen MR) is 120 cm³/mol. The molecule has 9 heteroatoms. The minimum Gasteiger partial charge on any atom is -0.506 e. The van der Waals surface area contributed by atoms with Crippen LogP contribution in [0.4, 0.5) is 5.00 Å². The van der Waals surface area contributed by atoms with E-state index in [2.05, 4.69) is 21.2 Å². The van der Waals surface area contributed by atoms with E-state index in [1.54, 1.807) is 26.0 Å². The maximum absolute atomic E-state index is 12.6. The molecule has 1 amide bonds. The first-order chi connectivity index (χ1) is 13.2. The van der Waals surface area contributed by atoms with Crippen molar-refractivity contribution in [1.82, 2.24) is 0 Å². The highest BCUT2D eigenvalue weighted by Crippen LogP contribution is 2.34. The Morgan fingerprint density at radius 3 is 2.71 bits per heavy atom. The molecule has 1 aromatic carbocycles. The number of nitriles is 1. The number of phenolic OH excluding ortho intramolecular Hbond substituents is 1. The summed E-state index contributed by atoms with van der Waals surface area (Å²) < 4.78 is 6.34. The number of ether oxygens (including phenoxy) is 1. The number of anilines is 1. The Labute approximate surface area is 188 Å². The lowest BCUT2D eigenvalue weighted by Gasteiger charge is -2.07. The molecule has 2 N–H and O–H groups in total. The molecule has 2 aromatic rings. The number of aryl methyl sites for hydroxylation is 1. The summed E-state index contributed by atoms with van der Waals surface area (Å²) >= 11 is 6.51. The zero-order valence-corrected chi connectivity index (χ0v) is 19.8. The van der Waals surface area contributed by atoms with Gasteiger partial charge in [0, 0.05) is 14.9 Å². The molecule has 0 radical (unpaired) electrons. The number of amides is 1. The number of halogens is 2. The average molecular weight is 575 g/mol. The quantitative estimate of drug-likeness (QED) is 0.222.